The average molecular weight is 236 g/mol. The molecular formula is C14H20OS. The van der Waals surface area contributed by atoms with Crippen LogP contribution in [0.25, 0.3) is 0 Å². The molecule has 0 saturated heterocycles. The molecule has 0 heterocycles. The first-order valence-corrected chi connectivity index (χ1v) is 6.66. The van der Waals surface area contributed by atoms with Crippen molar-refractivity contribution in [1.29, 1.82) is 0 Å². The second kappa shape index (κ2) is 5.53. The molecule has 88 valence electrons. The number of carbonyl (C=O) groups is 1. The number of benzene rings is 1. The van der Waals surface area contributed by atoms with Crippen LogP contribution in [0, 0.1) is 12.3 Å². The predicted octanol–water partition coefficient (Wildman–Crippen LogP) is 3.87. The summed E-state index contributed by atoms with van der Waals surface area (Å²) in [6.07, 6.45) is 2.09. The third-order valence-corrected chi connectivity index (χ3v) is 4.11. The minimum Gasteiger partial charge on any atom is -0.303 e. The third kappa shape index (κ3) is 3.67. The fraction of sp³-hybridized carbons (Fsp3) is 0.500. The Labute approximate surface area is 103 Å². The number of carbonyl (C=O) groups excluding carboxylic acids is 1. The van der Waals surface area contributed by atoms with E-state index in [9.17, 15) is 4.79 Å². The van der Waals surface area contributed by atoms with Gasteiger partial charge >= 0.3 is 0 Å². The van der Waals surface area contributed by atoms with Gasteiger partial charge in [-0.25, -0.2) is 0 Å². The van der Waals surface area contributed by atoms with Crippen LogP contribution in [0.15, 0.2) is 23.1 Å². The molecule has 0 atom stereocenters. The Morgan fingerprint density at radius 3 is 2.62 bits per heavy atom. The second-order valence-electron chi connectivity index (χ2n) is 4.86. The molecule has 0 spiro atoms. The molecule has 0 aliphatic carbocycles. The highest BCUT2D eigenvalue weighted by Crippen LogP contribution is 2.29. The topological polar surface area (TPSA) is 17.1 Å². The molecule has 0 bridgehead atoms. The molecule has 0 aromatic heterocycles. The van der Waals surface area contributed by atoms with Gasteiger partial charge in [0.25, 0.3) is 0 Å². The van der Waals surface area contributed by atoms with E-state index in [0.29, 0.717) is 0 Å². The summed E-state index contributed by atoms with van der Waals surface area (Å²) in [5.41, 5.74) is 2.45. The Kier molecular flexibility index (Phi) is 4.60. The van der Waals surface area contributed by atoms with Gasteiger partial charge in [0.05, 0.1) is 0 Å². The van der Waals surface area contributed by atoms with E-state index in [2.05, 4.69) is 32.0 Å². The minimum atomic E-state index is -0.236. The smallest absolute Gasteiger partial charge is 0.126 e. The van der Waals surface area contributed by atoms with Gasteiger partial charge in [-0.2, -0.15) is 0 Å². The molecule has 1 nitrogen and oxygen atoms in total. The Bertz CT molecular complexity index is 369. The van der Waals surface area contributed by atoms with Crippen LogP contribution in [0.4, 0.5) is 0 Å². The summed E-state index contributed by atoms with van der Waals surface area (Å²) >= 11 is 1.78. The number of hydrogen-bond donors (Lipinski definition) is 0. The molecule has 1 rings (SSSR count). The van der Waals surface area contributed by atoms with E-state index in [4.69, 9.17) is 0 Å². The summed E-state index contributed by atoms with van der Waals surface area (Å²) in [5, 5.41) is 0. The maximum absolute atomic E-state index is 10.8. The van der Waals surface area contributed by atoms with Crippen molar-refractivity contribution in [3.63, 3.8) is 0 Å². The fourth-order valence-corrected chi connectivity index (χ4v) is 2.57. The molecule has 0 aliphatic rings. The zero-order valence-electron chi connectivity index (χ0n) is 10.5. The van der Waals surface area contributed by atoms with Crippen LogP contribution in [0.5, 0.6) is 0 Å². The third-order valence-electron chi connectivity index (χ3n) is 2.52. The molecule has 0 N–H and O–H groups in total. The average Bonchev–Trinajstić information content (AvgIpc) is 2.27. The molecule has 0 aliphatic heterocycles. The Morgan fingerprint density at radius 2 is 2.06 bits per heavy atom. The molecule has 0 unspecified atom stereocenters. The molecule has 1 aromatic carbocycles. The molecule has 1 aromatic rings. The first-order chi connectivity index (χ1) is 7.48. The van der Waals surface area contributed by atoms with Crippen LogP contribution < -0.4 is 0 Å². The summed E-state index contributed by atoms with van der Waals surface area (Å²) in [6, 6.07) is 6.53. The van der Waals surface area contributed by atoms with E-state index in [1.165, 1.54) is 16.0 Å². The highest BCUT2D eigenvalue weighted by molar-refractivity contribution is 7.99. The lowest BCUT2D eigenvalue weighted by molar-refractivity contribution is -0.113. The van der Waals surface area contributed by atoms with Crippen LogP contribution in [-0.4, -0.2) is 12.0 Å². The van der Waals surface area contributed by atoms with Crippen LogP contribution in [-0.2, 0) is 11.2 Å². The van der Waals surface area contributed by atoms with Gasteiger partial charge in [-0.15, -0.1) is 11.8 Å². The van der Waals surface area contributed by atoms with Gasteiger partial charge in [0.1, 0.15) is 6.29 Å². The lowest BCUT2D eigenvalue weighted by Crippen LogP contribution is -2.16. The van der Waals surface area contributed by atoms with E-state index in [0.717, 1.165) is 18.5 Å². The molecule has 0 saturated carbocycles. The van der Waals surface area contributed by atoms with Gasteiger partial charge in [-0.05, 0) is 25.0 Å². The highest BCUT2D eigenvalue weighted by Gasteiger charge is 2.17. The SMILES string of the molecule is CCc1cc(C)ccc1SCC(C)(C)C=O. The van der Waals surface area contributed by atoms with Crippen molar-refractivity contribution in [2.75, 3.05) is 5.75 Å². The van der Waals surface area contributed by atoms with Crippen LogP contribution in [0.1, 0.15) is 31.9 Å². The zero-order chi connectivity index (χ0) is 12.2. The lowest BCUT2D eigenvalue weighted by Gasteiger charge is -2.17. The van der Waals surface area contributed by atoms with E-state index >= 15 is 0 Å². The quantitative estimate of drug-likeness (QED) is 0.570. The first-order valence-electron chi connectivity index (χ1n) is 5.67. The Balaban J connectivity index is 2.77. The molecular weight excluding hydrogens is 216 g/mol. The molecule has 16 heavy (non-hydrogen) atoms. The van der Waals surface area contributed by atoms with Crippen LogP contribution in [0.2, 0.25) is 0 Å². The van der Waals surface area contributed by atoms with Gasteiger partial charge in [-0.3, -0.25) is 0 Å². The van der Waals surface area contributed by atoms with Crippen molar-refractivity contribution in [3.8, 4) is 0 Å². The second-order valence-corrected chi connectivity index (χ2v) is 5.88. The molecule has 0 fully saturated rings. The minimum absolute atomic E-state index is 0.236. The Hall–Kier alpha value is -0.760. The fourth-order valence-electron chi connectivity index (χ4n) is 1.42. The van der Waals surface area contributed by atoms with Crippen molar-refractivity contribution >= 4 is 18.0 Å². The van der Waals surface area contributed by atoms with Crippen LogP contribution in [0.3, 0.4) is 0 Å². The van der Waals surface area contributed by atoms with Gasteiger partial charge in [-0.1, -0.05) is 38.5 Å². The van der Waals surface area contributed by atoms with E-state index in [1.54, 1.807) is 11.8 Å². The van der Waals surface area contributed by atoms with E-state index < -0.39 is 0 Å². The summed E-state index contributed by atoms with van der Waals surface area (Å²) in [5.74, 6) is 0.840. The number of aldehydes is 1. The van der Waals surface area contributed by atoms with Crippen molar-refractivity contribution in [3.05, 3.63) is 29.3 Å². The number of thioether (sulfide) groups is 1. The van der Waals surface area contributed by atoms with Crippen molar-refractivity contribution < 1.29 is 4.79 Å². The van der Waals surface area contributed by atoms with Crippen LogP contribution >= 0.6 is 11.8 Å². The zero-order valence-corrected chi connectivity index (χ0v) is 11.4. The first kappa shape index (κ1) is 13.3. The molecule has 2 heteroatoms. The monoisotopic (exact) mass is 236 g/mol. The highest BCUT2D eigenvalue weighted by atomic mass is 32.2. The maximum Gasteiger partial charge on any atom is 0.126 e. The standard InChI is InChI=1S/C14H20OS/c1-5-12-8-11(2)6-7-13(12)16-10-14(3,4)9-15/h6-9H,5,10H2,1-4H3. The van der Waals surface area contributed by atoms with Gasteiger partial charge in [0.15, 0.2) is 0 Å². The number of hydrogen-bond acceptors (Lipinski definition) is 2. The predicted molar refractivity (Wildman–Crippen MR) is 71.1 cm³/mol. The van der Waals surface area contributed by atoms with Crippen molar-refractivity contribution in [1.82, 2.24) is 0 Å². The number of rotatable bonds is 5. The summed E-state index contributed by atoms with van der Waals surface area (Å²) in [6.45, 7) is 8.24. The van der Waals surface area contributed by atoms with Gasteiger partial charge < -0.3 is 4.79 Å². The molecule has 0 radical (unpaired) electrons. The van der Waals surface area contributed by atoms with Gasteiger partial charge in [0, 0.05) is 16.1 Å². The summed E-state index contributed by atoms with van der Waals surface area (Å²) in [7, 11) is 0. The van der Waals surface area contributed by atoms with E-state index in [1.807, 2.05) is 13.8 Å². The summed E-state index contributed by atoms with van der Waals surface area (Å²) in [4.78, 5) is 12.2. The van der Waals surface area contributed by atoms with Crippen molar-refractivity contribution in [2.45, 2.75) is 39.0 Å². The van der Waals surface area contributed by atoms with Crippen molar-refractivity contribution in [2.24, 2.45) is 5.41 Å². The molecule has 0 amide bonds. The number of aryl methyl sites for hydroxylation is 2. The normalized spacial score (nSPS) is 11.5. The van der Waals surface area contributed by atoms with Gasteiger partial charge in [0.2, 0.25) is 0 Å². The largest absolute Gasteiger partial charge is 0.303 e. The Morgan fingerprint density at radius 1 is 1.38 bits per heavy atom. The maximum atomic E-state index is 10.8. The lowest BCUT2D eigenvalue weighted by atomic mass is 10.00. The summed E-state index contributed by atoms with van der Waals surface area (Å²) < 4.78 is 0. The van der Waals surface area contributed by atoms with E-state index in [-0.39, 0.29) is 5.41 Å².